The minimum atomic E-state index is 0.473. The Hall–Kier alpha value is -0.510. The summed E-state index contributed by atoms with van der Waals surface area (Å²) in [4.78, 5) is 0. The van der Waals surface area contributed by atoms with Gasteiger partial charge in [-0.2, -0.15) is 4.37 Å². The van der Waals surface area contributed by atoms with E-state index in [2.05, 4.69) is 4.37 Å². The van der Waals surface area contributed by atoms with Gasteiger partial charge in [0, 0.05) is 11.5 Å². The molecule has 0 aliphatic rings. The molecule has 0 saturated carbocycles. The highest BCUT2D eigenvalue weighted by molar-refractivity contribution is 7.14. The summed E-state index contributed by atoms with van der Waals surface area (Å²) >= 11 is 13.1. The van der Waals surface area contributed by atoms with Crippen LogP contribution >= 0.6 is 34.7 Å². The molecular weight excluding hydrogens is 229 g/mol. The Morgan fingerprint density at radius 2 is 2.15 bits per heavy atom. The molecule has 2 aromatic rings. The molecule has 0 amide bonds. The third-order valence-electron chi connectivity index (χ3n) is 1.69. The van der Waals surface area contributed by atoms with Gasteiger partial charge in [-0.3, -0.25) is 0 Å². The van der Waals surface area contributed by atoms with Crippen LogP contribution in [0.3, 0.4) is 0 Å². The Kier molecular flexibility index (Phi) is 2.32. The summed E-state index contributed by atoms with van der Waals surface area (Å²) in [6.45, 7) is 0. The third-order valence-corrected chi connectivity index (χ3v) is 3.39. The van der Waals surface area contributed by atoms with E-state index in [1.54, 1.807) is 13.2 Å². The zero-order valence-electron chi connectivity index (χ0n) is 6.67. The summed E-state index contributed by atoms with van der Waals surface area (Å²) in [6.07, 6.45) is 0. The Bertz CT molecular complexity index is 455. The third kappa shape index (κ3) is 1.47. The van der Waals surface area contributed by atoms with Gasteiger partial charge in [0.1, 0.15) is 5.75 Å². The van der Waals surface area contributed by atoms with E-state index < -0.39 is 0 Å². The lowest BCUT2D eigenvalue weighted by Crippen LogP contribution is -1.81. The lowest BCUT2D eigenvalue weighted by atomic mass is 10.2. The maximum atomic E-state index is 5.99. The van der Waals surface area contributed by atoms with Crippen molar-refractivity contribution in [3.63, 3.8) is 0 Å². The molecule has 0 saturated heterocycles. The predicted molar refractivity (Wildman–Crippen MR) is 56.2 cm³/mol. The van der Waals surface area contributed by atoms with Crippen molar-refractivity contribution in [2.24, 2.45) is 0 Å². The molecule has 0 unspecified atom stereocenters. The zero-order chi connectivity index (χ0) is 9.42. The van der Waals surface area contributed by atoms with Gasteiger partial charge in [0.25, 0.3) is 0 Å². The molecule has 0 bridgehead atoms. The molecule has 0 N–H and O–H groups in total. The molecular formula is C8H5Cl2NOS. The molecule has 0 atom stereocenters. The van der Waals surface area contributed by atoms with Gasteiger partial charge < -0.3 is 4.74 Å². The minimum absolute atomic E-state index is 0.473. The van der Waals surface area contributed by atoms with Crippen LogP contribution in [0.5, 0.6) is 5.75 Å². The summed E-state index contributed by atoms with van der Waals surface area (Å²) in [5, 5.41) is 1.94. The van der Waals surface area contributed by atoms with Crippen LogP contribution in [0.4, 0.5) is 0 Å². The number of aromatic nitrogens is 1. The molecule has 13 heavy (non-hydrogen) atoms. The molecule has 2 rings (SSSR count). The highest BCUT2D eigenvalue weighted by Gasteiger charge is 2.09. The standard InChI is InChI=1S/C8H5Cl2NOS/c1-12-4-2-5-7(6(9)3-4)13-11-8(5)10/h2-3H,1H3. The van der Waals surface area contributed by atoms with Gasteiger partial charge in [-0.05, 0) is 17.6 Å². The number of hydrogen-bond donors (Lipinski definition) is 0. The van der Waals surface area contributed by atoms with Gasteiger partial charge in [-0.15, -0.1) is 0 Å². The van der Waals surface area contributed by atoms with E-state index in [0.29, 0.717) is 15.9 Å². The molecule has 0 spiro atoms. The summed E-state index contributed by atoms with van der Waals surface area (Å²) in [6, 6.07) is 3.57. The van der Waals surface area contributed by atoms with Crippen molar-refractivity contribution in [1.82, 2.24) is 4.37 Å². The lowest BCUT2D eigenvalue weighted by molar-refractivity contribution is 0.415. The van der Waals surface area contributed by atoms with E-state index in [-0.39, 0.29) is 0 Å². The van der Waals surface area contributed by atoms with Crippen LogP contribution in [-0.4, -0.2) is 11.5 Å². The number of ether oxygens (including phenoxy) is 1. The van der Waals surface area contributed by atoms with Crippen molar-refractivity contribution in [1.29, 1.82) is 0 Å². The Morgan fingerprint density at radius 1 is 1.38 bits per heavy atom. The van der Waals surface area contributed by atoms with E-state index in [9.17, 15) is 0 Å². The SMILES string of the molecule is COc1cc(Cl)c2snc(Cl)c2c1. The molecule has 1 heterocycles. The first kappa shape index (κ1) is 9.06. The fourth-order valence-electron chi connectivity index (χ4n) is 1.07. The number of methoxy groups -OCH3 is 1. The summed E-state index contributed by atoms with van der Waals surface area (Å²) in [7, 11) is 1.59. The van der Waals surface area contributed by atoms with E-state index in [0.717, 1.165) is 10.1 Å². The van der Waals surface area contributed by atoms with E-state index in [1.807, 2.05) is 6.07 Å². The molecule has 0 radical (unpaired) electrons. The summed E-state index contributed by atoms with van der Waals surface area (Å²) in [5.74, 6) is 0.694. The second-order valence-electron chi connectivity index (χ2n) is 2.46. The largest absolute Gasteiger partial charge is 0.497 e. The van der Waals surface area contributed by atoms with E-state index in [4.69, 9.17) is 27.9 Å². The lowest BCUT2D eigenvalue weighted by Gasteiger charge is -2.00. The maximum absolute atomic E-state index is 5.99. The van der Waals surface area contributed by atoms with Gasteiger partial charge >= 0.3 is 0 Å². The molecule has 1 aromatic heterocycles. The minimum Gasteiger partial charge on any atom is -0.497 e. The van der Waals surface area contributed by atoms with Crippen LogP contribution in [-0.2, 0) is 0 Å². The molecule has 5 heteroatoms. The Labute approximate surface area is 89.2 Å². The van der Waals surface area contributed by atoms with E-state index in [1.165, 1.54) is 11.5 Å². The first-order valence-corrected chi connectivity index (χ1v) is 5.03. The quantitative estimate of drug-likeness (QED) is 0.751. The number of fused-ring (bicyclic) bond motifs is 1. The number of benzene rings is 1. The van der Waals surface area contributed by atoms with Crippen LogP contribution in [0.2, 0.25) is 10.2 Å². The van der Waals surface area contributed by atoms with Crippen LogP contribution < -0.4 is 4.74 Å². The Morgan fingerprint density at radius 3 is 2.85 bits per heavy atom. The number of hydrogen-bond acceptors (Lipinski definition) is 3. The highest BCUT2D eigenvalue weighted by atomic mass is 35.5. The van der Waals surface area contributed by atoms with Gasteiger partial charge in [-0.1, -0.05) is 23.2 Å². The van der Waals surface area contributed by atoms with Crippen LogP contribution in [0.15, 0.2) is 12.1 Å². The van der Waals surface area contributed by atoms with Crippen molar-refractivity contribution in [2.45, 2.75) is 0 Å². The van der Waals surface area contributed by atoms with E-state index >= 15 is 0 Å². The molecule has 2 nitrogen and oxygen atoms in total. The summed E-state index contributed by atoms with van der Waals surface area (Å²) in [5.41, 5.74) is 0. The van der Waals surface area contributed by atoms with Gasteiger partial charge in [0.05, 0.1) is 16.8 Å². The van der Waals surface area contributed by atoms with Crippen molar-refractivity contribution in [3.8, 4) is 5.75 Å². The number of rotatable bonds is 1. The molecule has 0 aliphatic carbocycles. The van der Waals surface area contributed by atoms with Gasteiger partial charge in [0.2, 0.25) is 0 Å². The normalized spacial score (nSPS) is 10.7. The Balaban J connectivity index is 2.80. The topological polar surface area (TPSA) is 22.1 Å². The molecule has 0 aliphatic heterocycles. The second-order valence-corrected chi connectivity index (χ2v) is 4.00. The maximum Gasteiger partial charge on any atom is 0.150 e. The first-order valence-electron chi connectivity index (χ1n) is 3.51. The zero-order valence-corrected chi connectivity index (χ0v) is 9.00. The van der Waals surface area contributed by atoms with Crippen molar-refractivity contribution in [2.75, 3.05) is 7.11 Å². The van der Waals surface area contributed by atoms with Crippen LogP contribution in [0.1, 0.15) is 0 Å². The summed E-state index contributed by atoms with van der Waals surface area (Å²) < 4.78 is 9.96. The second kappa shape index (κ2) is 3.33. The number of halogens is 2. The van der Waals surface area contributed by atoms with Crippen molar-refractivity contribution >= 4 is 44.8 Å². The van der Waals surface area contributed by atoms with Gasteiger partial charge in [-0.25, -0.2) is 0 Å². The average Bonchev–Trinajstić information content (AvgIpc) is 2.48. The molecule has 0 fully saturated rings. The van der Waals surface area contributed by atoms with Crippen LogP contribution in [0, 0.1) is 0 Å². The first-order chi connectivity index (χ1) is 6.22. The van der Waals surface area contributed by atoms with Crippen LogP contribution in [0.25, 0.3) is 10.1 Å². The van der Waals surface area contributed by atoms with Crippen molar-refractivity contribution in [3.05, 3.63) is 22.3 Å². The fourth-order valence-corrected chi connectivity index (χ4v) is 2.36. The molecule has 68 valence electrons. The average molecular weight is 234 g/mol. The monoisotopic (exact) mass is 233 g/mol. The predicted octanol–water partition coefficient (Wildman–Crippen LogP) is 3.61. The number of nitrogens with zero attached hydrogens (tertiary/aromatic N) is 1. The smallest absolute Gasteiger partial charge is 0.150 e. The van der Waals surface area contributed by atoms with Crippen molar-refractivity contribution < 1.29 is 4.74 Å². The molecule has 1 aromatic carbocycles. The fraction of sp³-hybridized carbons (Fsp3) is 0.125. The van der Waals surface area contributed by atoms with Gasteiger partial charge in [0.15, 0.2) is 5.15 Å². The highest BCUT2D eigenvalue weighted by Crippen LogP contribution is 2.35.